The first-order valence-corrected chi connectivity index (χ1v) is 13.7. The van der Waals surface area contributed by atoms with Crippen molar-refractivity contribution in [2.45, 2.75) is 71.4 Å². The molecule has 37 heavy (non-hydrogen) atoms. The second-order valence-electron chi connectivity index (χ2n) is 11.5. The molecule has 4 rings (SSSR count). The van der Waals surface area contributed by atoms with Gasteiger partial charge in [-0.2, -0.15) is 0 Å². The van der Waals surface area contributed by atoms with Gasteiger partial charge in [0.1, 0.15) is 5.01 Å². The van der Waals surface area contributed by atoms with E-state index in [1.807, 2.05) is 32.9 Å². The first-order valence-electron chi connectivity index (χ1n) is 12.8. The molecule has 0 radical (unpaired) electrons. The van der Waals surface area contributed by atoms with Gasteiger partial charge in [0.2, 0.25) is 11.8 Å². The van der Waals surface area contributed by atoms with Crippen LogP contribution in [0.1, 0.15) is 81.4 Å². The van der Waals surface area contributed by atoms with Gasteiger partial charge in [-0.3, -0.25) is 19.3 Å². The fourth-order valence-corrected chi connectivity index (χ4v) is 6.72. The smallest absolute Gasteiger partial charge is 0.330 e. The fraction of sp³-hybridized carbons (Fsp3) is 0.536. The van der Waals surface area contributed by atoms with Gasteiger partial charge in [-0.1, -0.05) is 53.7 Å². The van der Waals surface area contributed by atoms with E-state index in [2.05, 4.69) is 25.8 Å². The van der Waals surface area contributed by atoms with Crippen molar-refractivity contribution in [3.8, 4) is 0 Å². The van der Waals surface area contributed by atoms with Gasteiger partial charge in [0, 0.05) is 23.7 Å². The van der Waals surface area contributed by atoms with E-state index in [1.54, 1.807) is 23.7 Å². The molecular weight excluding hydrogens is 490 g/mol. The fourth-order valence-electron chi connectivity index (χ4n) is 5.95. The Bertz CT molecular complexity index is 1200. The number of hydrogen-bond acceptors (Lipinski definition) is 6. The van der Waals surface area contributed by atoms with Crippen LogP contribution in [0.15, 0.2) is 35.8 Å². The molecule has 2 aromatic rings. The molecule has 2 aliphatic rings. The predicted octanol–water partition coefficient (Wildman–Crippen LogP) is 4.52. The standard InChI is InChI=1S/C28H35N3O5S/c1-7-13-30-24(33)19-20(25(30)34)28(26(35)36,15-16(2)3)31(21(19)22-29-12-14-37-22)23(32)17-8-10-18(11-9-17)27(4,5)6/h8-12,14,16,19-21H,7,13,15H2,1-6H3,(H,35,36)/t19-,20?,21+,28-/m0/s1. The van der Waals surface area contributed by atoms with Crippen molar-refractivity contribution in [3.05, 3.63) is 52.0 Å². The lowest BCUT2D eigenvalue weighted by molar-refractivity contribution is -0.157. The Morgan fingerprint density at radius 2 is 1.78 bits per heavy atom. The molecule has 1 aromatic heterocycles. The minimum atomic E-state index is -1.88. The minimum Gasteiger partial charge on any atom is -0.479 e. The lowest BCUT2D eigenvalue weighted by Gasteiger charge is -2.41. The van der Waals surface area contributed by atoms with Gasteiger partial charge in [0.15, 0.2) is 5.54 Å². The van der Waals surface area contributed by atoms with E-state index >= 15 is 0 Å². The maximum absolute atomic E-state index is 14.3. The molecule has 8 nitrogen and oxygen atoms in total. The minimum absolute atomic E-state index is 0.0379. The summed E-state index contributed by atoms with van der Waals surface area (Å²) in [4.78, 5) is 61.9. The Hall–Kier alpha value is -3.07. The summed E-state index contributed by atoms with van der Waals surface area (Å²) >= 11 is 1.26. The topological polar surface area (TPSA) is 108 Å². The van der Waals surface area contributed by atoms with Crippen LogP contribution >= 0.6 is 11.3 Å². The first-order chi connectivity index (χ1) is 17.4. The number of carbonyl (C=O) groups excluding carboxylic acids is 3. The summed E-state index contributed by atoms with van der Waals surface area (Å²) in [6.45, 7) is 12.0. The van der Waals surface area contributed by atoms with Crippen molar-refractivity contribution in [1.82, 2.24) is 14.8 Å². The van der Waals surface area contributed by atoms with Gasteiger partial charge in [0.25, 0.3) is 5.91 Å². The number of amides is 3. The van der Waals surface area contributed by atoms with Crippen LogP contribution in [0.4, 0.5) is 0 Å². The molecule has 0 saturated carbocycles. The highest BCUT2D eigenvalue weighted by molar-refractivity contribution is 7.09. The molecule has 2 aliphatic heterocycles. The third-order valence-electron chi connectivity index (χ3n) is 7.46. The molecule has 3 amide bonds. The summed E-state index contributed by atoms with van der Waals surface area (Å²) in [6, 6.07) is 6.18. The molecule has 198 valence electrons. The number of likely N-dealkylation sites (tertiary alicyclic amines) is 2. The maximum Gasteiger partial charge on any atom is 0.330 e. The van der Waals surface area contributed by atoms with E-state index in [0.717, 1.165) is 5.56 Å². The monoisotopic (exact) mass is 525 g/mol. The van der Waals surface area contributed by atoms with Gasteiger partial charge in [0.05, 0.1) is 17.9 Å². The molecule has 2 saturated heterocycles. The van der Waals surface area contributed by atoms with Gasteiger partial charge in [-0.05, 0) is 41.9 Å². The van der Waals surface area contributed by atoms with Crippen LogP contribution in [-0.4, -0.2) is 55.7 Å². The van der Waals surface area contributed by atoms with Crippen LogP contribution in [0.2, 0.25) is 0 Å². The summed E-state index contributed by atoms with van der Waals surface area (Å²) in [5.74, 6) is -5.07. The number of carboxylic acid groups (broad SMARTS) is 1. The van der Waals surface area contributed by atoms with Crippen molar-refractivity contribution < 1.29 is 24.3 Å². The van der Waals surface area contributed by atoms with Gasteiger partial charge >= 0.3 is 5.97 Å². The molecule has 3 heterocycles. The molecule has 4 atom stereocenters. The van der Waals surface area contributed by atoms with Crippen molar-refractivity contribution in [1.29, 1.82) is 0 Å². The zero-order valence-corrected chi connectivity index (χ0v) is 23.0. The Kier molecular flexibility index (Phi) is 7.05. The van der Waals surface area contributed by atoms with E-state index < -0.39 is 47.1 Å². The van der Waals surface area contributed by atoms with Crippen LogP contribution in [0.25, 0.3) is 0 Å². The quantitative estimate of drug-likeness (QED) is 0.533. The van der Waals surface area contributed by atoms with Gasteiger partial charge in [-0.25, -0.2) is 9.78 Å². The largest absolute Gasteiger partial charge is 0.479 e. The van der Waals surface area contributed by atoms with E-state index in [0.29, 0.717) is 17.0 Å². The normalized spacial score (nSPS) is 25.8. The number of hydrogen-bond donors (Lipinski definition) is 1. The first kappa shape index (κ1) is 27.0. The number of fused-ring (bicyclic) bond motifs is 1. The molecule has 0 bridgehead atoms. The van der Waals surface area contributed by atoms with Crippen molar-refractivity contribution >= 4 is 35.0 Å². The maximum atomic E-state index is 14.3. The van der Waals surface area contributed by atoms with Crippen LogP contribution in [0.5, 0.6) is 0 Å². The zero-order valence-electron chi connectivity index (χ0n) is 22.2. The number of carboxylic acids is 1. The van der Waals surface area contributed by atoms with Crippen molar-refractivity contribution in [2.24, 2.45) is 17.8 Å². The predicted molar refractivity (Wildman–Crippen MR) is 140 cm³/mol. The van der Waals surface area contributed by atoms with Crippen molar-refractivity contribution in [2.75, 3.05) is 6.54 Å². The van der Waals surface area contributed by atoms with E-state index in [9.17, 15) is 24.3 Å². The highest BCUT2D eigenvalue weighted by Gasteiger charge is 2.73. The molecule has 1 unspecified atom stereocenters. The Labute approximate surface area is 221 Å². The molecule has 0 aliphatic carbocycles. The molecule has 0 spiro atoms. The lowest BCUT2D eigenvalue weighted by atomic mass is 9.75. The number of aliphatic carboxylic acids is 1. The summed E-state index contributed by atoms with van der Waals surface area (Å²) in [5, 5.41) is 13.0. The Morgan fingerprint density at radius 3 is 2.27 bits per heavy atom. The number of aromatic nitrogens is 1. The lowest BCUT2D eigenvalue weighted by Crippen LogP contribution is -2.60. The molecule has 2 fully saturated rings. The van der Waals surface area contributed by atoms with E-state index in [1.165, 1.54) is 21.1 Å². The zero-order chi connectivity index (χ0) is 27.3. The summed E-state index contributed by atoms with van der Waals surface area (Å²) in [5.41, 5.74) is -0.663. The number of nitrogens with zero attached hydrogens (tertiary/aromatic N) is 3. The Balaban J connectivity index is 1.94. The molecule has 9 heteroatoms. The number of benzene rings is 1. The summed E-state index contributed by atoms with van der Waals surface area (Å²) in [6.07, 6.45) is 2.17. The summed E-state index contributed by atoms with van der Waals surface area (Å²) in [7, 11) is 0. The molecular formula is C28H35N3O5S. The number of imide groups is 1. The second kappa shape index (κ2) is 9.67. The average Bonchev–Trinajstić information content (AvgIpc) is 3.51. The van der Waals surface area contributed by atoms with Crippen LogP contribution in [0.3, 0.4) is 0 Å². The van der Waals surface area contributed by atoms with Crippen LogP contribution in [-0.2, 0) is 19.8 Å². The average molecular weight is 526 g/mol. The highest BCUT2D eigenvalue weighted by Crippen LogP contribution is 2.57. The summed E-state index contributed by atoms with van der Waals surface area (Å²) < 4.78 is 0. The molecule has 1 aromatic carbocycles. The van der Waals surface area contributed by atoms with Gasteiger partial charge < -0.3 is 10.0 Å². The van der Waals surface area contributed by atoms with E-state index in [-0.39, 0.29) is 24.3 Å². The number of thiazole rings is 1. The van der Waals surface area contributed by atoms with Crippen LogP contribution < -0.4 is 0 Å². The van der Waals surface area contributed by atoms with Crippen LogP contribution in [0, 0.1) is 17.8 Å². The van der Waals surface area contributed by atoms with Crippen molar-refractivity contribution in [3.63, 3.8) is 0 Å². The number of carbonyl (C=O) groups is 4. The van der Waals surface area contributed by atoms with Gasteiger partial charge in [-0.15, -0.1) is 11.3 Å². The molecule has 1 N–H and O–H groups in total. The third-order valence-corrected chi connectivity index (χ3v) is 8.31. The third kappa shape index (κ3) is 4.27. The SMILES string of the molecule is CCCN1C(=O)C2[C@H](C1=O)[C@H](c1nccs1)N(C(=O)c1ccc(C(C)(C)C)cc1)[C@]2(CC(C)C)C(=O)O. The van der Waals surface area contributed by atoms with E-state index in [4.69, 9.17) is 0 Å². The number of rotatable bonds is 7. The highest BCUT2D eigenvalue weighted by atomic mass is 32.1. The second-order valence-corrected chi connectivity index (χ2v) is 12.4. The Morgan fingerprint density at radius 1 is 1.14 bits per heavy atom.